The number of nitrogens with one attached hydrogen (secondary N) is 1. The van der Waals surface area contributed by atoms with Crippen molar-refractivity contribution >= 4 is 5.91 Å². The number of carbonyl (C=O) groups is 1. The summed E-state index contributed by atoms with van der Waals surface area (Å²) in [4.78, 5) is 11.5. The van der Waals surface area contributed by atoms with Crippen molar-refractivity contribution in [1.29, 1.82) is 5.26 Å². The van der Waals surface area contributed by atoms with E-state index in [1.807, 2.05) is 6.07 Å². The third kappa shape index (κ3) is 7.95. The zero-order valence-electron chi connectivity index (χ0n) is 12.6. The highest BCUT2D eigenvalue weighted by molar-refractivity contribution is 5.77. The quantitative estimate of drug-likeness (QED) is 0.707. The van der Waals surface area contributed by atoms with Crippen LogP contribution >= 0.6 is 0 Å². The van der Waals surface area contributed by atoms with E-state index in [0.29, 0.717) is 30.4 Å². The van der Waals surface area contributed by atoms with Crippen molar-refractivity contribution in [3.05, 3.63) is 29.8 Å². The first-order chi connectivity index (χ1) is 10.1. The van der Waals surface area contributed by atoms with Gasteiger partial charge in [0, 0.05) is 13.2 Å². The fourth-order valence-electron chi connectivity index (χ4n) is 1.51. The number of nitriles is 1. The van der Waals surface area contributed by atoms with E-state index in [1.54, 1.807) is 24.3 Å². The summed E-state index contributed by atoms with van der Waals surface area (Å²) in [5.41, 5.74) is 0.561. The van der Waals surface area contributed by atoms with Crippen LogP contribution in [0.25, 0.3) is 0 Å². The van der Waals surface area contributed by atoms with Crippen LogP contribution in [0.4, 0.5) is 0 Å². The molecule has 0 aliphatic rings. The lowest BCUT2D eigenvalue weighted by molar-refractivity contribution is -0.123. The Morgan fingerprint density at radius 2 is 2.00 bits per heavy atom. The van der Waals surface area contributed by atoms with E-state index < -0.39 is 0 Å². The number of carbonyl (C=O) groups excluding carboxylic acids is 1. The number of benzene rings is 1. The van der Waals surface area contributed by atoms with Crippen LogP contribution in [0, 0.1) is 17.2 Å². The highest BCUT2D eigenvalue weighted by atomic mass is 16.5. The van der Waals surface area contributed by atoms with Crippen molar-refractivity contribution in [3.8, 4) is 11.8 Å². The molecule has 1 aromatic rings. The highest BCUT2D eigenvalue weighted by Gasteiger charge is 2.02. The van der Waals surface area contributed by atoms with Crippen LogP contribution in [-0.2, 0) is 9.53 Å². The fourth-order valence-corrected chi connectivity index (χ4v) is 1.51. The van der Waals surface area contributed by atoms with Gasteiger partial charge in [0.2, 0.25) is 0 Å². The van der Waals surface area contributed by atoms with E-state index in [-0.39, 0.29) is 12.5 Å². The fraction of sp³-hybridized carbons (Fsp3) is 0.500. The molecule has 0 fully saturated rings. The number of amides is 1. The van der Waals surface area contributed by atoms with Gasteiger partial charge in [0.1, 0.15) is 5.75 Å². The van der Waals surface area contributed by atoms with Gasteiger partial charge in [0.15, 0.2) is 6.61 Å². The lowest BCUT2D eigenvalue weighted by Crippen LogP contribution is -2.31. The molecule has 21 heavy (non-hydrogen) atoms. The predicted molar refractivity (Wildman–Crippen MR) is 79.9 cm³/mol. The molecular formula is C16H22N2O3. The van der Waals surface area contributed by atoms with Crippen LogP contribution < -0.4 is 10.1 Å². The third-order valence-electron chi connectivity index (χ3n) is 2.76. The second-order valence-corrected chi connectivity index (χ2v) is 5.07. The van der Waals surface area contributed by atoms with Crippen molar-refractivity contribution in [2.45, 2.75) is 20.3 Å². The summed E-state index contributed by atoms with van der Waals surface area (Å²) in [5.74, 6) is 1.00. The summed E-state index contributed by atoms with van der Waals surface area (Å²) >= 11 is 0. The van der Waals surface area contributed by atoms with Gasteiger partial charge in [0.05, 0.1) is 18.2 Å². The van der Waals surface area contributed by atoms with Gasteiger partial charge in [-0.15, -0.1) is 0 Å². The minimum atomic E-state index is -0.188. The van der Waals surface area contributed by atoms with Gasteiger partial charge in [-0.3, -0.25) is 4.79 Å². The van der Waals surface area contributed by atoms with Gasteiger partial charge < -0.3 is 14.8 Å². The van der Waals surface area contributed by atoms with Crippen LogP contribution in [0.2, 0.25) is 0 Å². The van der Waals surface area contributed by atoms with E-state index >= 15 is 0 Å². The molecule has 0 saturated heterocycles. The maximum atomic E-state index is 11.5. The molecule has 0 atom stereocenters. The number of rotatable bonds is 9. The first-order valence-electron chi connectivity index (χ1n) is 7.09. The molecule has 1 aromatic carbocycles. The Kier molecular flexibility index (Phi) is 7.92. The van der Waals surface area contributed by atoms with Crippen LogP contribution in [0.1, 0.15) is 25.8 Å². The molecule has 1 rings (SSSR count). The second-order valence-electron chi connectivity index (χ2n) is 5.07. The number of hydrogen-bond acceptors (Lipinski definition) is 4. The summed E-state index contributed by atoms with van der Waals surface area (Å²) in [5, 5.41) is 11.4. The average Bonchev–Trinajstić information content (AvgIpc) is 2.49. The van der Waals surface area contributed by atoms with E-state index in [1.165, 1.54) is 0 Å². The van der Waals surface area contributed by atoms with Crippen LogP contribution in [0.5, 0.6) is 5.75 Å². The lowest BCUT2D eigenvalue weighted by Gasteiger charge is -2.09. The number of nitrogens with zero attached hydrogens (tertiary/aromatic N) is 1. The summed E-state index contributed by atoms with van der Waals surface area (Å²) < 4.78 is 10.7. The molecule has 0 unspecified atom stereocenters. The van der Waals surface area contributed by atoms with E-state index in [9.17, 15) is 4.79 Å². The molecule has 5 nitrogen and oxygen atoms in total. The monoisotopic (exact) mass is 290 g/mol. The molecule has 0 saturated carbocycles. The van der Waals surface area contributed by atoms with E-state index in [2.05, 4.69) is 19.2 Å². The van der Waals surface area contributed by atoms with Gasteiger partial charge in [-0.2, -0.15) is 5.26 Å². The van der Waals surface area contributed by atoms with Crippen LogP contribution in [0.3, 0.4) is 0 Å². The Hall–Kier alpha value is -2.06. The Labute approximate surface area is 125 Å². The topological polar surface area (TPSA) is 71.3 Å². The van der Waals surface area contributed by atoms with E-state index in [4.69, 9.17) is 14.7 Å². The molecule has 0 bridgehead atoms. The molecule has 0 aromatic heterocycles. The normalized spacial score (nSPS) is 10.2. The maximum Gasteiger partial charge on any atom is 0.258 e. The molecule has 0 heterocycles. The first kappa shape index (κ1) is 17.0. The van der Waals surface area contributed by atoms with Gasteiger partial charge in [-0.25, -0.2) is 0 Å². The number of ether oxygens (including phenoxy) is 2. The molecule has 5 heteroatoms. The lowest BCUT2D eigenvalue weighted by atomic mass is 10.1. The molecule has 0 aliphatic heterocycles. The molecular weight excluding hydrogens is 268 g/mol. The van der Waals surface area contributed by atoms with Crippen LogP contribution in [0.15, 0.2) is 24.3 Å². The van der Waals surface area contributed by atoms with Crippen LogP contribution in [-0.4, -0.2) is 32.3 Å². The Morgan fingerprint density at radius 1 is 1.29 bits per heavy atom. The van der Waals surface area contributed by atoms with Crippen molar-refractivity contribution < 1.29 is 14.3 Å². The van der Waals surface area contributed by atoms with Gasteiger partial charge in [-0.1, -0.05) is 13.8 Å². The summed E-state index contributed by atoms with van der Waals surface area (Å²) in [6.07, 6.45) is 1.02. The Morgan fingerprint density at radius 3 is 2.62 bits per heavy atom. The minimum absolute atomic E-state index is 0.0438. The largest absolute Gasteiger partial charge is 0.484 e. The van der Waals surface area contributed by atoms with Gasteiger partial charge in [0.25, 0.3) is 5.91 Å². The zero-order chi connectivity index (χ0) is 15.5. The smallest absolute Gasteiger partial charge is 0.258 e. The van der Waals surface area contributed by atoms with Crippen molar-refractivity contribution in [1.82, 2.24) is 5.32 Å². The standard InChI is InChI=1S/C16H22N2O3/c1-13(2)7-9-20-10-8-18-16(19)12-21-15-5-3-14(11-17)4-6-15/h3-6,13H,7-10,12H2,1-2H3,(H,18,19). The zero-order valence-corrected chi connectivity index (χ0v) is 12.6. The SMILES string of the molecule is CC(C)CCOCCNC(=O)COc1ccc(C#N)cc1. The second kappa shape index (κ2) is 9.78. The van der Waals surface area contributed by atoms with E-state index in [0.717, 1.165) is 13.0 Å². The summed E-state index contributed by atoms with van der Waals surface area (Å²) in [6.45, 7) is 5.95. The average molecular weight is 290 g/mol. The molecule has 0 radical (unpaired) electrons. The molecule has 0 spiro atoms. The highest BCUT2D eigenvalue weighted by Crippen LogP contribution is 2.11. The molecule has 1 amide bonds. The summed E-state index contributed by atoms with van der Waals surface area (Å²) in [6, 6.07) is 8.65. The third-order valence-corrected chi connectivity index (χ3v) is 2.76. The Bertz CT molecular complexity index is 463. The Balaban J connectivity index is 2.09. The molecule has 114 valence electrons. The number of hydrogen-bond donors (Lipinski definition) is 1. The molecule has 0 aliphatic carbocycles. The first-order valence-corrected chi connectivity index (χ1v) is 7.09. The van der Waals surface area contributed by atoms with Gasteiger partial charge in [-0.05, 0) is 36.6 Å². The van der Waals surface area contributed by atoms with Crippen molar-refractivity contribution in [3.63, 3.8) is 0 Å². The van der Waals surface area contributed by atoms with Crippen molar-refractivity contribution in [2.24, 2.45) is 5.92 Å². The molecule has 1 N–H and O–H groups in total. The minimum Gasteiger partial charge on any atom is -0.484 e. The summed E-state index contributed by atoms with van der Waals surface area (Å²) in [7, 11) is 0. The predicted octanol–water partition coefficient (Wildman–Crippen LogP) is 2.12. The van der Waals surface area contributed by atoms with Crippen molar-refractivity contribution in [2.75, 3.05) is 26.4 Å². The maximum absolute atomic E-state index is 11.5. The van der Waals surface area contributed by atoms with Gasteiger partial charge >= 0.3 is 0 Å².